The van der Waals surface area contributed by atoms with Gasteiger partial charge in [-0.2, -0.15) is 13.2 Å². The molecule has 0 spiro atoms. The van der Waals surface area contributed by atoms with Crippen LogP contribution in [0.1, 0.15) is 75.6 Å². The third-order valence-corrected chi connectivity index (χ3v) is 7.14. The van der Waals surface area contributed by atoms with Crippen molar-refractivity contribution in [1.82, 2.24) is 9.97 Å². The molecule has 0 unspecified atom stereocenters. The van der Waals surface area contributed by atoms with Crippen LogP contribution in [0.5, 0.6) is 0 Å². The van der Waals surface area contributed by atoms with Crippen molar-refractivity contribution in [3.05, 3.63) is 29.6 Å². The summed E-state index contributed by atoms with van der Waals surface area (Å²) in [5, 5.41) is 7.72. The van der Waals surface area contributed by atoms with Gasteiger partial charge in [-0.25, -0.2) is 9.97 Å². The van der Waals surface area contributed by atoms with Crippen molar-refractivity contribution in [2.75, 3.05) is 43.7 Å². The molecule has 210 valence electrons. The molecule has 0 atom stereocenters. The second-order valence-electron chi connectivity index (χ2n) is 10.4. The minimum atomic E-state index is -4.54. The molecule has 2 saturated carbocycles. The van der Waals surface area contributed by atoms with E-state index < -0.39 is 17.8 Å². The SMILES string of the molecule is CCC(=O)O.COCC1(CN(C)c2cc(-c3cc(C4CC4)nc(C(F)(F)F)c3)nc(N)c2N)CCCCC1. The van der Waals surface area contributed by atoms with Gasteiger partial charge in [-0.1, -0.05) is 26.2 Å². The standard InChI is InChI=1S/C24H32F3N5O.C3H6O2/c1-32(13-23(14-33-2)8-4-3-5-9-23)19-12-18(31-22(29)21(19)28)16-10-17(15-6-7-15)30-20(11-16)24(25,26)27;1-2-3(4)5/h10-12,15H,3-9,13-14,28H2,1-2H3,(H2,29,31);2H2,1H3,(H,4,5). The number of carboxylic acid groups (broad SMARTS) is 1. The number of anilines is 3. The van der Waals surface area contributed by atoms with Crippen molar-refractivity contribution in [2.45, 2.75) is 70.4 Å². The molecular formula is C27H38F3N5O3. The molecule has 5 N–H and O–H groups in total. The Hall–Kier alpha value is -3.08. The second kappa shape index (κ2) is 12.2. The summed E-state index contributed by atoms with van der Waals surface area (Å²) in [6.07, 6.45) is 3.02. The van der Waals surface area contributed by atoms with E-state index in [2.05, 4.69) is 9.97 Å². The zero-order valence-electron chi connectivity index (χ0n) is 22.3. The van der Waals surface area contributed by atoms with E-state index in [4.69, 9.17) is 21.3 Å². The number of ether oxygens (including phenoxy) is 1. The fraction of sp³-hybridized carbons (Fsp3) is 0.593. The summed E-state index contributed by atoms with van der Waals surface area (Å²) in [7, 11) is 3.65. The highest BCUT2D eigenvalue weighted by Gasteiger charge is 2.36. The van der Waals surface area contributed by atoms with Crippen molar-refractivity contribution in [2.24, 2.45) is 5.41 Å². The first-order chi connectivity index (χ1) is 17.9. The van der Waals surface area contributed by atoms with Gasteiger partial charge in [0.2, 0.25) is 0 Å². The van der Waals surface area contributed by atoms with Crippen LogP contribution in [-0.4, -0.2) is 48.4 Å². The van der Waals surface area contributed by atoms with Gasteiger partial charge >= 0.3 is 12.1 Å². The Bertz CT molecular complexity index is 1110. The molecule has 0 aliphatic heterocycles. The van der Waals surface area contributed by atoms with E-state index in [-0.39, 0.29) is 23.6 Å². The first-order valence-corrected chi connectivity index (χ1v) is 13.0. The van der Waals surface area contributed by atoms with Gasteiger partial charge in [0.05, 0.1) is 23.7 Å². The molecule has 0 aromatic carbocycles. The number of carbonyl (C=O) groups is 1. The predicted octanol–water partition coefficient (Wildman–Crippen LogP) is 5.72. The highest BCUT2D eigenvalue weighted by atomic mass is 19.4. The van der Waals surface area contributed by atoms with Crippen LogP contribution in [0.2, 0.25) is 0 Å². The van der Waals surface area contributed by atoms with Gasteiger partial charge in [-0.3, -0.25) is 4.79 Å². The fourth-order valence-corrected chi connectivity index (χ4v) is 5.00. The van der Waals surface area contributed by atoms with Crippen LogP contribution < -0.4 is 16.4 Å². The van der Waals surface area contributed by atoms with Crippen molar-refractivity contribution in [1.29, 1.82) is 0 Å². The van der Waals surface area contributed by atoms with Gasteiger partial charge in [0.25, 0.3) is 0 Å². The van der Waals surface area contributed by atoms with E-state index in [9.17, 15) is 18.0 Å². The first kappa shape index (κ1) is 29.5. The Kier molecular flexibility index (Phi) is 9.45. The Morgan fingerprint density at radius 1 is 1.16 bits per heavy atom. The molecule has 2 aliphatic rings. The Morgan fingerprint density at radius 3 is 2.32 bits per heavy atom. The molecule has 2 aromatic rings. The number of nitrogens with zero attached hydrogens (tertiary/aromatic N) is 3. The first-order valence-electron chi connectivity index (χ1n) is 13.0. The normalized spacial score (nSPS) is 16.9. The van der Waals surface area contributed by atoms with Gasteiger partial charge in [-0.15, -0.1) is 0 Å². The van der Waals surface area contributed by atoms with Crippen LogP contribution in [0, 0.1) is 5.41 Å². The van der Waals surface area contributed by atoms with Crippen LogP contribution in [-0.2, 0) is 15.7 Å². The number of rotatable bonds is 8. The number of halogens is 3. The molecule has 8 nitrogen and oxygen atoms in total. The molecule has 38 heavy (non-hydrogen) atoms. The number of alkyl halides is 3. The van der Waals surface area contributed by atoms with E-state index in [1.165, 1.54) is 6.42 Å². The molecule has 0 radical (unpaired) electrons. The van der Waals surface area contributed by atoms with Crippen molar-refractivity contribution in [3.63, 3.8) is 0 Å². The summed E-state index contributed by atoms with van der Waals surface area (Å²) >= 11 is 0. The van der Waals surface area contributed by atoms with E-state index in [0.717, 1.165) is 44.6 Å². The highest BCUT2D eigenvalue weighted by molar-refractivity contribution is 5.82. The monoisotopic (exact) mass is 537 g/mol. The number of aliphatic carboxylic acids is 1. The number of nitrogen functional groups attached to an aromatic ring is 2. The largest absolute Gasteiger partial charge is 0.481 e. The van der Waals surface area contributed by atoms with E-state index in [1.807, 2.05) is 11.9 Å². The maximum absolute atomic E-state index is 13.5. The fourth-order valence-electron chi connectivity index (χ4n) is 5.00. The summed E-state index contributed by atoms with van der Waals surface area (Å²) in [5.41, 5.74) is 13.7. The number of hydrogen-bond acceptors (Lipinski definition) is 7. The molecule has 2 heterocycles. The lowest BCUT2D eigenvalue weighted by molar-refractivity contribution is -0.141. The summed E-state index contributed by atoms with van der Waals surface area (Å²) < 4.78 is 46.1. The van der Waals surface area contributed by atoms with E-state index in [0.29, 0.717) is 41.5 Å². The number of aromatic nitrogens is 2. The Balaban J connectivity index is 0.000000732. The van der Waals surface area contributed by atoms with Crippen molar-refractivity contribution < 1.29 is 27.8 Å². The van der Waals surface area contributed by atoms with Crippen LogP contribution in [0.15, 0.2) is 18.2 Å². The van der Waals surface area contributed by atoms with Crippen LogP contribution in [0.4, 0.5) is 30.4 Å². The molecule has 2 aliphatic carbocycles. The molecule has 4 rings (SSSR count). The minimum Gasteiger partial charge on any atom is -0.481 e. The molecule has 0 bridgehead atoms. The summed E-state index contributed by atoms with van der Waals surface area (Å²) in [5.74, 6) is -0.568. The quantitative estimate of drug-likeness (QED) is 0.390. The number of carboxylic acids is 1. The predicted molar refractivity (Wildman–Crippen MR) is 142 cm³/mol. The topological polar surface area (TPSA) is 128 Å². The number of pyridine rings is 2. The molecule has 2 fully saturated rings. The van der Waals surface area contributed by atoms with E-state index >= 15 is 0 Å². The molecule has 0 saturated heterocycles. The van der Waals surface area contributed by atoms with Gasteiger partial charge in [0, 0.05) is 49.7 Å². The van der Waals surface area contributed by atoms with Gasteiger partial charge < -0.3 is 26.2 Å². The summed E-state index contributed by atoms with van der Waals surface area (Å²) in [6, 6.07) is 4.48. The lowest BCUT2D eigenvalue weighted by Crippen LogP contribution is -2.41. The third kappa shape index (κ3) is 7.49. The summed E-state index contributed by atoms with van der Waals surface area (Å²) in [6.45, 7) is 2.96. The average Bonchev–Trinajstić information content (AvgIpc) is 3.71. The van der Waals surface area contributed by atoms with Crippen LogP contribution in [0.3, 0.4) is 0 Å². The second-order valence-corrected chi connectivity index (χ2v) is 10.4. The molecule has 2 aromatic heterocycles. The van der Waals surface area contributed by atoms with E-state index in [1.54, 1.807) is 26.2 Å². The number of hydrogen-bond donors (Lipinski definition) is 3. The smallest absolute Gasteiger partial charge is 0.433 e. The third-order valence-electron chi connectivity index (χ3n) is 7.14. The zero-order valence-corrected chi connectivity index (χ0v) is 22.3. The molecule has 11 heteroatoms. The van der Waals surface area contributed by atoms with Crippen LogP contribution in [0.25, 0.3) is 11.3 Å². The van der Waals surface area contributed by atoms with Gasteiger partial charge in [0.15, 0.2) is 0 Å². The lowest BCUT2D eigenvalue weighted by Gasteiger charge is -2.40. The average molecular weight is 538 g/mol. The Labute approximate surface area is 221 Å². The Morgan fingerprint density at radius 2 is 1.79 bits per heavy atom. The van der Waals surface area contributed by atoms with Gasteiger partial charge in [0.1, 0.15) is 11.5 Å². The molecular weight excluding hydrogens is 499 g/mol. The molecule has 0 amide bonds. The zero-order chi connectivity index (χ0) is 28.1. The van der Waals surface area contributed by atoms with Crippen molar-refractivity contribution >= 4 is 23.2 Å². The number of nitrogens with two attached hydrogens (primary N) is 2. The summed E-state index contributed by atoms with van der Waals surface area (Å²) in [4.78, 5) is 19.6. The maximum atomic E-state index is 13.5. The van der Waals surface area contributed by atoms with Crippen molar-refractivity contribution in [3.8, 4) is 11.3 Å². The number of methoxy groups -OCH3 is 1. The lowest BCUT2D eigenvalue weighted by atomic mass is 9.74. The minimum absolute atomic E-state index is 0.00560. The highest BCUT2D eigenvalue weighted by Crippen LogP contribution is 2.43. The van der Waals surface area contributed by atoms with Gasteiger partial charge in [-0.05, 0) is 43.9 Å². The van der Waals surface area contributed by atoms with Crippen LogP contribution >= 0.6 is 0 Å². The maximum Gasteiger partial charge on any atom is 0.433 e.